The molecule has 0 aliphatic heterocycles. The largest absolute Gasteiger partial charge is 0.478 e. The standard InChI is InChI=1S/C12H16O5S/c1-3-4-10(7-8-18-9(2)13)17-12(16)6-5-11(14)15/h3,5-6,10H,1,4,7-8H2,2H3,(H,14,15). The van der Waals surface area contributed by atoms with E-state index < -0.39 is 11.9 Å². The van der Waals surface area contributed by atoms with E-state index in [1.54, 1.807) is 6.08 Å². The summed E-state index contributed by atoms with van der Waals surface area (Å²) in [5, 5.41) is 8.35. The van der Waals surface area contributed by atoms with Crippen LogP contribution < -0.4 is 0 Å². The second-order valence-corrected chi connectivity index (χ2v) is 4.66. The van der Waals surface area contributed by atoms with Gasteiger partial charge in [0, 0.05) is 31.2 Å². The van der Waals surface area contributed by atoms with E-state index in [1.165, 1.54) is 6.92 Å². The van der Waals surface area contributed by atoms with Crippen molar-refractivity contribution >= 4 is 28.8 Å². The molecule has 1 atom stereocenters. The lowest BCUT2D eigenvalue weighted by atomic mass is 10.2. The van der Waals surface area contributed by atoms with Crippen LogP contribution in [0.4, 0.5) is 0 Å². The molecule has 6 heteroatoms. The first-order chi connectivity index (χ1) is 8.45. The number of thioether (sulfide) groups is 1. The Labute approximate surface area is 110 Å². The lowest BCUT2D eigenvalue weighted by Crippen LogP contribution is -2.17. The topological polar surface area (TPSA) is 80.7 Å². The van der Waals surface area contributed by atoms with Crippen molar-refractivity contribution in [3.8, 4) is 0 Å². The molecule has 0 saturated heterocycles. The molecule has 100 valence electrons. The lowest BCUT2D eigenvalue weighted by molar-refractivity contribution is -0.143. The fraction of sp³-hybridized carbons (Fsp3) is 0.417. The van der Waals surface area contributed by atoms with Crippen molar-refractivity contribution in [1.29, 1.82) is 0 Å². The van der Waals surface area contributed by atoms with Gasteiger partial charge in [-0.15, -0.1) is 6.58 Å². The highest BCUT2D eigenvalue weighted by Gasteiger charge is 2.12. The lowest BCUT2D eigenvalue weighted by Gasteiger charge is -2.14. The van der Waals surface area contributed by atoms with Gasteiger partial charge in [-0.25, -0.2) is 9.59 Å². The third-order valence-electron chi connectivity index (χ3n) is 1.82. The van der Waals surface area contributed by atoms with Gasteiger partial charge >= 0.3 is 11.9 Å². The van der Waals surface area contributed by atoms with E-state index in [0.29, 0.717) is 18.6 Å². The number of hydrogen-bond donors (Lipinski definition) is 1. The quantitative estimate of drug-likeness (QED) is 0.412. The molecular formula is C12H16O5S. The normalized spacial score (nSPS) is 12.1. The molecule has 0 amide bonds. The minimum Gasteiger partial charge on any atom is -0.478 e. The summed E-state index contributed by atoms with van der Waals surface area (Å²) in [5.74, 6) is -1.37. The van der Waals surface area contributed by atoms with Crippen LogP contribution in [0.25, 0.3) is 0 Å². The smallest absolute Gasteiger partial charge is 0.331 e. The van der Waals surface area contributed by atoms with Crippen LogP contribution in [0.2, 0.25) is 0 Å². The fourth-order valence-corrected chi connectivity index (χ4v) is 1.76. The Hall–Kier alpha value is -1.56. The summed E-state index contributed by atoms with van der Waals surface area (Å²) in [6, 6.07) is 0. The maximum absolute atomic E-state index is 11.2. The summed E-state index contributed by atoms with van der Waals surface area (Å²) in [4.78, 5) is 32.2. The number of carbonyl (C=O) groups is 3. The van der Waals surface area contributed by atoms with Gasteiger partial charge in [0.05, 0.1) is 0 Å². The molecule has 0 aromatic rings. The number of carboxylic acids is 1. The molecule has 0 aliphatic rings. The van der Waals surface area contributed by atoms with Gasteiger partial charge in [-0.3, -0.25) is 4.79 Å². The summed E-state index contributed by atoms with van der Waals surface area (Å²) in [6.45, 7) is 5.02. The van der Waals surface area contributed by atoms with Gasteiger partial charge in [0.1, 0.15) is 6.10 Å². The van der Waals surface area contributed by atoms with E-state index >= 15 is 0 Å². The van der Waals surface area contributed by atoms with E-state index in [4.69, 9.17) is 9.84 Å². The molecule has 0 fully saturated rings. The average Bonchev–Trinajstić information content (AvgIpc) is 2.26. The van der Waals surface area contributed by atoms with Crippen LogP contribution in [-0.2, 0) is 19.1 Å². The van der Waals surface area contributed by atoms with Gasteiger partial charge in [-0.1, -0.05) is 17.8 Å². The van der Waals surface area contributed by atoms with Gasteiger partial charge < -0.3 is 9.84 Å². The Morgan fingerprint density at radius 2 is 2.06 bits per heavy atom. The molecule has 1 N–H and O–H groups in total. The van der Waals surface area contributed by atoms with Gasteiger partial charge in [0.15, 0.2) is 5.12 Å². The predicted octanol–water partition coefficient (Wildman–Crippen LogP) is 1.78. The van der Waals surface area contributed by atoms with Crippen molar-refractivity contribution in [2.45, 2.75) is 25.9 Å². The van der Waals surface area contributed by atoms with Crippen molar-refractivity contribution in [3.05, 3.63) is 24.8 Å². The Kier molecular flexibility index (Phi) is 8.65. The zero-order chi connectivity index (χ0) is 14.0. The van der Waals surface area contributed by atoms with Crippen LogP contribution in [0.5, 0.6) is 0 Å². The molecule has 0 bridgehead atoms. The molecular weight excluding hydrogens is 256 g/mol. The Bertz CT molecular complexity index is 348. The van der Waals surface area contributed by atoms with E-state index in [9.17, 15) is 14.4 Å². The fourth-order valence-electron chi connectivity index (χ4n) is 1.09. The predicted molar refractivity (Wildman–Crippen MR) is 69.2 cm³/mol. The highest BCUT2D eigenvalue weighted by Crippen LogP contribution is 2.11. The van der Waals surface area contributed by atoms with Crippen LogP contribution in [0, 0.1) is 0 Å². The van der Waals surface area contributed by atoms with Gasteiger partial charge in [0.25, 0.3) is 0 Å². The average molecular weight is 272 g/mol. The summed E-state index contributed by atoms with van der Waals surface area (Å²) in [5.41, 5.74) is 0. The first-order valence-electron chi connectivity index (χ1n) is 5.31. The van der Waals surface area contributed by atoms with Crippen molar-refractivity contribution < 1.29 is 24.2 Å². The molecule has 5 nitrogen and oxygen atoms in total. The van der Waals surface area contributed by atoms with Crippen LogP contribution in [0.15, 0.2) is 24.8 Å². The number of aliphatic carboxylic acids is 1. The molecule has 0 saturated carbocycles. The van der Waals surface area contributed by atoms with Crippen LogP contribution >= 0.6 is 11.8 Å². The van der Waals surface area contributed by atoms with Crippen molar-refractivity contribution in [3.63, 3.8) is 0 Å². The number of ether oxygens (including phenoxy) is 1. The highest BCUT2D eigenvalue weighted by atomic mass is 32.2. The minimum absolute atomic E-state index is 0.00412. The van der Waals surface area contributed by atoms with Crippen molar-refractivity contribution in [2.24, 2.45) is 0 Å². The molecule has 0 heterocycles. The second kappa shape index (κ2) is 9.47. The number of carboxylic acid groups (broad SMARTS) is 1. The number of hydrogen-bond acceptors (Lipinski definition) is 5. The molecule has 0 radical (unpaired) electrons. The number of esters is 1. The van der Waals surface area contributed by atoms with Crippen LogP contribution in [0.1, 0.15) is 19.8 Å². The monoisotopic (exact) mass is 272 g/mol. The van der Waals surface area contributed by atoms with Crippen molar-refractivity contribution in [2.75, 3.05) is 5.75 Å². The third-order valence-corrected chi connectivity index (χ3v) is 2.67. The first kappa shape index (κ1) is 16.4. The first-order valence-corrected chi connectivity index (χ1v) is 6.30. The van der Waals surface area contributed by atoms with E-state index in [1.807, 2.05) is 0 Å². The van der Waals surface area contributed by atoms with E-state index in [-0.39, 0.29) is 11.2 Å². The van der Waals surface area contributed by atoms with Gasteiger partial charge in [0.2, 0.25) is 0 Å². The summed E-state index contributed by atoms with van der Waals surface area (Å²) in [6.07, 6.45) is 3.78. The Morgan fingerprint density at radius 3 is 2.56 bits per heavy atom. The Morgan fingerprint density at radius 1 is 1.39 bits per heavy atom. The summed E-state index contributed by atoms with van der Waals surface area (Å²) >= 11 is 1.15. The van der Waals surface area contributed by atoms with Crippen LogP contribution in [-0.4, -0.2) is 34.0 Å². The van der Waals surface area contributed by atoms with Crippen molar-refractivity contribution in [1.82, 2.24) is 0 Å². The summed E-state index contributed by atoms with van der Waals surface area (Å²) < 4.78 is 5.04. The number of carbonyl (C=O) groups excluding carboxylic acids is 2. The molecule has 0 aromatic carbocycles. The molecule has 0 spiro atoms. The maximum atomic E-state index is 11.2. The SMILES string of the molecule is C=CCC(CCSC(C)=O)OC(=O)C=CC(=O)O. The van der Waals surface area contributed by atoms with E-state index in [2.05, 4.69) is 6.58 Å². The zero-order valence-electron chi connectivity index (χ0n) is 10.1. The zero-order valence-corrected chi connectivity index (χ0v) is 10.9. The molecule has 0 aliphatic carbocycles. The van der Waals surface area contributed by atoms with Crippen LogP contribution in [0.3, 0.4) is 0 Å². The Balaban J connectivity index is 4.16. The second-order valence-electron chi connectivity index (χ2n) is 3.38. The molecule has 18 heavy (non-hydrogen) atoms. The van der Waals surface area contributed by atoms with E-state index in [0.717, 1.165) is 23.9 Å². The van der Waals surface area contributed by atoms with Gasteiger partial charge in [-0.05, 0) is 6.42 Å². The maximum Gasteiger partial charge on any atom is 0.331 e. The minimum atomic E-state index is -1.21. The molecule has 0 aromatic heterocycles. The van der Waals surface area contributed by atoms with Gasteiger partial charge in [-0.2, -0.15) is 0 Å². The number of rotatable bonds is 8. The highest BCUT2D eigenvalue weighted by molar-refractivity contribution is 8.13. The molecule has 1 unspecified atom stereocenters. The summed E-state index contributed by atoms with van der Waals surface area (Å²) in [7, 11) is 0. The third kappa shape index (κ3) is 9.65. The molecule has 0 rings (SSSR count).